The van der Waals surface area contributed by atoms with E-state index in [1.165, 1.54) is 32.9 Å². The van der Waals surface area contributed by atoms with Gasteiger partial charge >= 0.3 is 0 Å². The smallest absolute Gasteiger partial charge is 0.243 e. The van der Waals surface area contributed by atoms with Crippen LogP contribution in [0.1, 0.15) is 33.1 Å². The minimum Gasteiger partial charge on any atom is -0.380 e. The van der Waals surface area contributed by atoms with Gasteiger partial charge in [-0.15, -0.1) is 0 Å². The number of hydrogen-bond acceptors (Lipinski definition) is 6. The van der Waals surface area contributed by atoms with Crippen LogP contribution in [0.25, 0.3) is 0 Å². The molecule has 2 saturated heterocycles. The molecule has 0 aromatic heterocycles. The van der Waals surface area contributed by atoms with Crippen molar-refractivity contribution >= 4 is 26.0 Å². The van der Waals surface area contributed by atoms with Crippen LogP contribution >= 0.6 is 0 Å². The molecule has 0 spiro atoms. The summed E-state index contributed by atoms with van der Waals surface area (Å²) in [5.74, 6) is -0.401. The van der Waals surface area contributed by atoms with Gasteiger partial charge in [0.05, 0.1) is 21.8 Å². The van der Waals surface area contributed by atoms with Crippen molar-refractivity contribution in [3.8, 4) is 0 Å². The van der Waals surface area contributed by atoms with Gasteiger partial charge in [-0.25, -0.2) is 16.8 Å². The third-order valence-corrected chi connectivity index (χ3v) is 10.3. The zero-order valence-corrected chi connectivity index (χ0v) is 20.6. The highest BCUT2D eigenvalue weighted by Crippen LogP contribution is 2.27. The van der Waals surface area contributed by atoms with Crippen LogP contribution in [-0.4, -0.2) is 88.7 Å². The molecule has 2 atom stereocenters. The lowest BCUT2D eigenvalue weighted by Crippen LogP contribution is -2.46. The number of hydrogen-bond donors (Lipinski definition) is 0. The van der Waals surface area contributed by atoms with Gasteiger partial charge in [0.15, 0.2) is 0 Å². The Morgan fingerprint density at radius 2 is 1.62 bits per heavy atom. The molecule has 2 fully saturated rings. The predicted octanol–water partition coefficient (Wildman–Crippen LogP) is 1.37. The van der Waals surface area contributed by atoms with Gasteiger partial charge < -0.3 is 9.64 Å². The lowest BCUT2D eigenvalue weighted by atomic mass is 9.98. The second kappa shape index (κ2) is 10.2. The molecule has 2 heterocycles. The summed E-state index contributed by atoms with van der Waals surface area (Å²) in [7, 11) is -5.86. The standard InChI is InChI=1S/C21H33N3O6S2/c1-4-23(5-2)31(26,27)19-8-10-20(11-9-19)32(28,29)24-13-6-7-17(15-24)21(25)22-14-12-18(16-22)30-3/h8-11,17-18H,4-7,12-16H2,1-3H3. The van der Waals surface area contributed by atoms with E-state index in [2.05, 4.69) is 0 Å². The summed E-state index contributed by atoms with van der Waals surface area (Å²) in [6, 6.07) is 5.34. The van der Waals surface area contributed by atoms with E-state index in [0.717, 1.165) is 6.42 Å². The summed E-state index contributed by atoms with van der Waals surface area (Å²) in [6.07, 6.45) is 2.08. The molecule has 1 aromatic carbocycles. The zero-order valence-electron chi connectivity index (χ0n) is 18.9. The number of amides is 1. The van der Waals surface area contributed by atoms with Crippen molar-refractivity contribution < 1.29 is 26.4 Å². The van der Waals surface area contributed by atoms with E-state index in [1.54, 1.807) is 25.9 Å². The number of likely N-dealkylation sites (tertiary alicyclic amines) is 1. The average molecular weight is 488 g/mol. The first kappa shape index (κ1) is 25.1. The van der Waals surface area contributed by atoms with Crippen molar-refractivity contribution in [2.75, 3.05) is 46.4 Å². The third-order valence-electron chi connectivity index (χ3n) is 6.33. The summed E-state index contributed by atoms with van der Waals surface area (Å²) >= 11 is 0. The molecule has 0 radical (unpaired) electrons. The Hall–Kier alpha value is -1.53. The van der Waals surface area contributed by atoms with E-state index in [9.17, 15) is 21.6 Å². The highest BCUT2D eigenvalue weighted by atomic mass is 32.2. The highest BCUT2D eigenvalue weighted by Gasteiger charge is 2.37. The Morgan fingerprint density at radius 3 is 2.19 bits per heavy atom. The van der Waals surface area contributed by atoms with Crippen LogP contribution in [0.3, 0.4) is 0 Å². The predicted molar refractivity (Wildman–Crippen MR) is 120 cm³/mol. The zero-order chi connectivity index (χ0) is 23.5. The van der Waals surface area contributed by atoms with E-state index < -0.39 is 20.0 Å². The molecule has 1 amide bonds. The lowest BCUT2D eigenvalue weighted by Gasteiger charge is -2.33. The number of ether oxygens (including phenoxy) is 1. The van der Waals surface area contributed by atoms with Gasteiger partial charge in [-0.05, 0) is 43.5 Å². The maximum absolute atomic E-state index is 13.2. The number of methoxy groups -OCH3 is 1. The van der Waals surface area contributed by atoms with Gasteiger partial charge in [-0.2, -0.15) is 8.61 Å². The SMILES string of the molecule is CCN(CC)S(=O)(=O)c1ccc(S(=O)(=O)N2CCCC(C(=O)N3CCC(OC)C3)C2)cc1. The molecular weight excluding hydrogens is 454 g/mol. The van der Waals surface area contributed by atoms with E-state index in [-0.39, 0.29) is 34.3 Å². The summed E-state index contributed by atoms with van der Waals surface area (Å²) in [6.45, 7) is 5.83. The van der Waals surface area contributed by atoms with Crippen LogP contribution in [-0.2, 0) is 29.6 Å². The summed E-state index contributed by atoms with van der Waals surface area (Å²) < 4.78 is 59.7. The Morgan fingerprint density at radius 1 is 1.00 bits per heavy atom. The van der Waals surface area contributed by atoms with Crippen molar-refractivity contribution in [3.63, 3.8) is 0 Å². The number of nitrogens with zero attached hydrogens (tertiary/aromatic N) is 3. The summed E-state index contributed by atoms with van der Waals surface area (Å²) in [5, 5.41) is 0. The maximum Gasteiger partial charge on any atom is 0.243 e. The quantitative estimate of drug-likeness (QED) is 0.549. The molecule has 3 rings (SSSR count). The first-order valence-corrected chi connectivity index (χ1v) is 13.9. The molecule has 11 heteroatoms. The van der Waals surface area contributed by atoms with Gasteiger partial charge in [0, 0.05) is 46.4 Å². The first-order valence-electron chi connectivity index (χ1n) is 11.1. The number of benzene rings is 1. The van der Waals surface area contributed by atoms with Crippen molar-refractivity contribution in [2.45, 2.75) is 49.0 Å². The van der Waals surface area contributed by atoms with Crippen molar-refractivity contribution in [2.24, 2.45) is 5.92 Å². The van der Waals surface area contributed by atoms with Crippen LogP contribution < -0.4 is 0 Å². The topological polar surface area (TPSA) is 104 Å². The van der Waals surface area contributed by atoms with Crippen LogP contribution in [0.2, 0.25) is 0 Å². The Balaban J connectivity index is 1.74. The highest BCUT2D eigenvalue weighted by molar-refractivity contribution is 7.89. The molecule has 0 bridgehead atoms. The molecule has 180 valence electrons. The minimum atomic E-state index is -3.83. The van der Waals surface area contributed by atoms with E-state index in [0.29, 0.717) is 45.6 Å². The molecule has 0 saturated carbocycles. The Kier molecular flexibility index (Phi) is 7.97. The molecular formula is C21H33N3O6S2. The Labute approximate surface area is 191 Å². The van der Waals surface area contributed by atoms with Crippen LogP contribution in [0.5, 0.6) is 0 Å². The fourth-order valence-electron chi connectivity index (χ4n) is 4.39. The lowest BCUT2D eigenvalue weighted by molar-refractivity contribution is -0.136. The number of rotatable bonds is 8. The van der Waals surface area contributed by atoms with Crippen molar-refractivity contribution in [3.05, 3.63) is 24.3 Å². The maximum atomic E-state index is 13.2. The normalized spacial score (nSPS) is 23.1. The van der Waals surface area contributed by atoms with Gasteiger partial charge in [-0.3, -0.25) is 4.79 Å². The number of carbonyl (C=O) groups excluding carboxylic acids is 1. The molecule has 32 heavy (non-hydrogen) atoms. The van der Waals surface area contributed by atoms with Crippen molar-refractivity contribution in [1.29, 1.82) is 0 Å². The molecule has 2 aliphatic heterocycles. The summed E-state index contributed by atoms with van der Waals surface area (Å²) in [4.78, 5) is 14.8. The van der Waals surface area contributed by atoms with Crippen LogP contribution in [0.4, 0.5) is 0 Å². The van der Waals surface area contributed by atoms with Crippen LogP contribution in [0, 0.1) is 5.92 Å². The van der Waals surface area contributed by atoms with Gasteiger partial charge in [0.1, 0.15) is 0 Å². The molecule has 0 aliphatic carbocycles. The minimum absolute atomic E-state index is 0.0230. The molecule has 2 aliphatic rings. The van der Waals surface area contributed by atoms with E-state index in [1.807, 2.05) is 0 Å². The fourth-order valence-corrected chi connectivity index (χ4v) is 7.37. The van der Waals surface area contributed by atoms with Gasteiger partial charge in [0.25, 0.3) is 0 Å². The molecule has 2 unspecified atom stereocenters. The molecule has 0 N–H and O–H groups in total. The summed E-state index contributed by atoms with van der Waals surface area (Å²) in [5.41, 5.74) is 0. The fraction of sp³-hybridized carbons (Fsp3) is 0.667. The number of carbonyl (C=O) groups is 1. The second-order valence-corrected chi connectivity index (χ2v) is 12.1. The Bertz CT molecular complexity index is 1010. The van der Waals surface area contributed by atoms with Crippen molar-refractivity contribution in [1.82, 2.24) is 13.5 Å². The van der Waals surface area contributed by atoms with E-state index >= 15 is 0 Å². The van der Waals surface area contributed by atoms with Crippen LogP contribution in [0.15, 0.2) is 34.1 Å². The largest absolute Gasteiger partial charge is 0.380 e. The average Bonchev–Trinajstić information content (AvgIpc) is 3.29. The van der Waals surface area contributed by atoms with E-state index in [4.69, 9.17) is 4.74 Å². The molecule has 1 aromatic rings. The first-order chi connectivity index (χ1) is 15.1. The number of piperidine rings is 1. The third kappa shape index (κ3) is 5.01. The second-order valence-electron chi connectivity index (χ2n) is 8.19. The monoisotopic (exact) mass is 487 g/mol. The molecule has 9 nitrogen and oxygen atoms in total. The number of sulfonamides is 2. The van der Waals surface area contributed by atoms with Gasteiger partial charge in [-0.1, -0.05) is 13.8 Å². The van der Waals surface area contributed by atoms with Gasteiger partial charge in [0.2, 0.25) is 26.0 Å².